The number of benzene rings is 7. The van der Waals surface area contributed by atoms with Gasteiger partial charge < -0.3 is 8.83 Å². The van der Waals surface area contributed by atoms with E-state index in [1.165, 1.54) is 43.8 Å². The highest BCUT2D eigenvalue weighted by Crippen LogP contribution is 2.47. The van der Waals surface area contributed by atoms with Crippen LogP contribution in [0.15, 0.2) is 142 Å². The molecule has 0 atom stereocenters. The maximum absolute atomic E-state index is 6.48. The third-order valence-electron chi connectivity index (χ3n) is 8.26. The van der Waals surface area contributed by atoms with Crippen molar-refractivity contribution in [3.05, 3.63) is 133 Å². The zero-order chi connectivity index (χ0) is 26.2. The molecule has 9 aromatic rings. The van der Waals surface area contributed by atoms with Gasteiger partial charge in [-0.25, -0.2) is 0 Å². The Hall–Kier alpha value is -5.34. The normalized spacial score (nSPS) is 12.0. The van der Waals surface area contributed by atoms with Crippen LogP contribution in [0.25, 0.3) is 87.7 Å². The summed E-state index contributed by atoms with van der Waals surface area (Å²) >= 11 is 0. The maximum atomic E-state index is 6.48. The fourth-order valence-electron chi connectivity index (χ4n) is 6.59. The van der Waals surface area contributed by atoms with Crippen molar-refractivity contribution in [1.29, 1.82) is 0 Å². The molecule has 0 saturated carbocycles. The largest absolute Gasteiger partial charge is 0.456 e. The Balaban J connectivity index is 1.46. The first kappa shape index (κ1) is 21.6. The Morgan fingerprint density at radius 2 is 0.875 bits per heavy atom. The SMILES string of the molecule is c1ccc(-c2c3ccccc3c(-c3cccc4oc5cc6oc7ccccc7c6cc5c34)c3ccccc23)cc1. The molecule has 0 bridgehead atoms. The Kier molecular flexibility index (Phi) is 4.36. The van der Waals surface area contributed by atoms with Crippen molar-refractivity contribution in [2.24, 2.45) is 0 Å². The van der Waals surface area contributed by atoms with E-state index >= 15 is 0 Å². The summed E-state index contributed by atoms with van der Waals surface area (Å²) in [6.45, 7) is 0. The van der Waals surface area contributed by atoms with E-state index in [4.69, 9.17) is 8.83 Å². The fraction of sp³-hybridized carbons (Fsp3) is 0. The number of rotatable bonds is 2. The summed E-state index contributed by atoms with van der Waals surface area (Å²) in [6.07, 6.45) is 0. The third kappa shape index (κ3) is 2.93. The molecule has 40 heavy (non-hydrogen) atoms. The molecule has 9 rings (SSSR count). The third-order valence-corrected chi connectivity index (χ3v) is 8.26. The van der Waals surface area contributed by atoms with Gasteiger partial charge >= 0.3 is 0 Å². The molecule has 2 aromatic heterocycles. The lowest BCUT2D eigenvalue weighted by Crippen LogP contribution is -1.91. The van der Waals surface area contributed by atoms with Crippen molar-refractivity contribution in [1.82, 2.24) is 0 Å². The average molecular weight is 511 g/mol. The predicted molar refractivity (Wildman–Crippen MR) is 167 cm³/mol. The average Bonchev–Trinajstić information content (AvgIpc) is 3.56. The molecule has 0 fully saturated rings. The van der Waals surface area contributed by atoms with Gasteiger partial charge in [0.25, 0.3) is 0 Å². The van der Waals surface area contributed by atoms with Crippen molar-refractivity contribution in [3.8, 4) is 22.3 Å². The first-order chi connectivity index (χ1) is 19.8. The fourth-order valence-corrected chi connectivity index (χ4v) is 6.59. The first-order valence-corrected chi connectivity index (χ1v) is 13.6. The second kappa shape index (κ2) is 8.08. The molecule has 0 radical (unpaired) electrons. The van der Waals surface area contributed by atoms with E-state index in [0.717, 1.165) is 43.9 Å². The molecule has 0 amide bonds. The van der Waals surface area contributed by atoms with Gasteiger partial charge in [-0.3, -0.25) is 0 Å². The second-order valence-electron chi connectivity index (χ2n) is 10.4. The Bertz CT molecular complexity index is 2370. The van der Waals surface area contributed by atoms with E-state index in [0.29, 0.717) is 0 Å². The first-order valence-electron chi connectivity index (χ1n) is 13.6. The topological polar surface area (TPSA) is 26.3 Å². The summed E-state index contributed by atoms with van der Waals surface area (Å²) in [5, 5.41) is 9.42. The molecule has 186 valence electrons. The zero-order valence-corrected chi connectivity index (χ0v) is 21.5. The van der Waals surface area contributed by atoms with E-state index in [9.17, 15) is 0 Å². The van der Waals surface area contributed by atoms with E-state index in [1.807, 2.05) is 18.2 Å². The van der Waals surface area contributed by atoms with E-state index in [-0.39, 0.29) is 0 Å². The summed E-state index contributed by atoms with van der Waals surface area (Å²) in [5.41, 5.74) is 8.36. The van der Waals surface area contributed by atoms with Gasteiger partial charge in [-0.05, 0) is 62.0 Å². The van der Waals surface area contributed by atoms with E-state index in [1.54, 1.807) is 0 Å². The molecule has 0 aliphatic rings. The quantitative estimate of drug-likeness (QED) is 0.216. The van der Waals surface area contributed by atoms with Crippen LogP contribution in [-0.2, 0) is 0 Å². The zero-order valence-electron chi connectivity index (χ0n) is 21.5. The molecule has 2 heteroatoms. The molecule has 0 spiro atoms. The molecular formula is C38H22O2. The van der Waals surface area contributed by atoms with Crippen LogP contribution in [0.5, 0.6) is 0 Å². The number of hydrogen-bond donors (Lipinski definition) is 0. The van der Waals surface area contributed by atoms with Crippen molar-refractivity contribution in [3.63, 3.8) is 0 Å². The molecule has 0 aliphatic carbocycles. The molecule has 0 saturated heterocycles. The van der Waals surface area contributed by atoms with Crippen LogP contribution in [0.2, 0.25) is 0 Å². The van der Waals surface area contributed by atoms with Gasteiger partial charge in [0.2, 0.25) is 0 Å². The monoisotopic (exact) mass is 510 g/mol. The van der Waals surface area contributed by atoms with Crippen LogP contribution in [0.1, 0.15) is 0 Å². The van der Waals surface area contributed by atoms with Crippen molar-refractivity contribution < 1.29 is 8.83 Å². The van der Waals surface area contributed by atoms with Crippen LogP contribution < -0.4 is 0 Å². The summed E-state index contributed by atoms with van der Waals surface area (Å²) in [7, 11) is 0. The number of hydrogen-bond acceptors (Lipinski definition) is 2. The minimum atomic E-state index is 0.837. The Labute approximate surface area is 229 Å². The van der Waals surface area contributed by atoms with Crippen LogP contribution in [-0.4, -0.2) is 0 Å². The number of fused-ring (bicyclic) bond motifs is 8. The summed E-state index contributed by atoms with van der Waals surface area (Å²) in [6, 6.07) is 47.2. The Morgan fingerprint density at radius 1 is 0.325 bits per heavy atom. The number of furan rings is 2. The van der Waals surface area contributed by atoms with E-state index in [2.05, 4.69) is 115 Å². The summed E-state index contributed by atoms with van der Waals surface area (Å²) in [4.78, 5) is 0. The summed E-state index contributed by atoms with van der Waals surface area (Å²) < 4.78 is 12.7. The standard InChI is InChI=1S/C38H22O2/c1-2-11-23(12-3-1)36-25-14-4-6-16-27(25)37(28-17-7-5-15-26(28)36)29-18-10-20-33-38(29)31-21-30-24-13-8-9-19-32(24)39-34(30)22-35(31)40-33/h1-22H. The van der Waals surface area contributed by atoms with Crippen LogP contribution in [0.4, 0.5) is 0 Å². The van der Waals surface area contributed by atoms with Gasteiger partial charge in [0.15, 0.2) is 0 Å². The van der Waals surface area contributed by atoms with Crippen LogP contribution >= 0.6 is 0 Å². The smallest absolute Gasteiger partial charge is 0.139 e. The van der Waals surface area contributed by atoms with Crippen LogP contribution in [0, 0.1) is 0 Å². The molecule has 0 N–H and O–H groups in total. The lowest BCUT2D eigenvalue weighted by Gasteiger charge is -2.18. The van der Waals surface area contributed by atoms with Crippen molar-refractivity contribution in [2.45, 2.75) is 0 Å². The highest BCUT2D eigenvalue weighted by molar-refractivity contribution is 6.26. The molecule has 0 unspecified atom stereocenters. The highest BCUT2D eigenvalue weighted by Gasteiger charge is 2.21. The summed E-state index contributed by atoms with van der Waals surface area (Å²) in [5.74, 6) is 0. The Morgan fingerprint density at radius 3 is 1.60 bits per heavy atom. The lowest BCUT2D eigenvalue weighted by molar-refractivity contribution is 0.656. The lowest BCUT2D eigenvalue weighted by atomic mass is 9.85. The second-order valence-corrected chi connectivity index (χ2v) is 10.4. The van der Waals surface area contributed by atoms with Gasteiger partial charge in [0.05, 0.1) is 0 Å². The van der Waals surface area contributed by atoms with Gasteiger partial charge in [-0.1, -0.05) is 109 Å². The molecule has 7 aromatic carbocycles. The molecule has 0 aliphatic heterocycles. The minimum Gasteiger partial charge on any atom is -0.456 e. The van der Waals surface area contributed by atoms with Crippen molar-refractivity contribution >= 4 is 65.4 Å². The predicted octanol–water partition coefficient (Wildman–Crippen LogP) is 11.1. The van der Waals surface area contributed by atoms with Crippen molar-refractivity contribution in [2.75, 3.05) is 0 Å². The molecular weight excluding hydrogens is 488 g/mol. The molecule has 2 nitrogen and oxygen atoms in total. The van der Waals surface area contributed by atoms with Gasteiger partial charge in [0, 0.05) is 27.6 Å². The van der Waals surface area contributed by atoms with E-state index < -0.39 is 0 Å². The molecule has 2 heterocycles. The van der Waals surface area contributed by atoms with Gasteiger partial charge in [-0.2, -0.15) is 0 Å². The highest BCUT2D eigenvalue weighted by atomic mass is 16.3. The maximum Gasteiger partial charge on any atom is 0.139 e. The van der Waals surface area contributed by atoms with Gasteiger partial charge in [0.1, 0.15) is 22.3 Å². The van der Waals surface area contributed by atoms with Crippen LogP contribution in [0.3, 0.4) is 0 Å². The van der Waals surface area contributed by atoms with Gasteiger partial charge in [-0.15, -0.1) is 0 Å². The number of para-hydroxylation sites is 1. The minimum absolute atomic E-state index is 0.837.